The number of nitrogens with zero attached hydrogens (tertiary/aromatic N) is 1. The largest absolute Gasteiger partial charge is 0.492 e. The molecule has 9 heteroatoms. The molecular formula is C17H16BrN3O4S. The first-order valence-electron chi connectivity index (χ1n) is 7.83. The lowest BCUT2D eigenvalue weighted by molar-refractivity contribution is -0.119. The van der Waals surface area contributed by atoms with Crippen molar-refractivity contribution in [2.75, 3.05) is 6.61 Å². The summed E-state index contributed by atoms with van der Waals surface area (Å²) >= 11 is 3.36. The molecule has 0 saturated carbocycles. The minimum atomic E-state index is -4.03. The predicted octanol–water partition coefficient (Wildman–Crippen LogP) is 2.99. The van der Waals surface area contributed by atoms with E-state index in [2.05, 4.69) is 25.9 Å². The first-order valence-corrected chi connectivity index (χ1v) is 10.1. The van der Waals surface area contributed by atoms with E-state index < -0.39 is 15.9 Å². The molecule has 3 aromatic rings. The Morgan fingerprint density at radius 1 is 1.15 bits per heavy atom. The summed E-state index contributed by atoms with van der Waals surface area (Å²) in [6.07, 6.45) is 0.396. The number of aromatic amines is 1. The Morgan fingerprint density at radius 2 is 1.88 bits per heavy atom. The van der Waals surface area contributed by atoms with Gasteiger partial charge in [-0.15, -0.1) is 0 Å². The van der Waals surface area contributed by atoms with E-state index >= 15 is 0 Å². The molecule has 0 unspecified atom stereocenters. The molecule has 2 aromatic carbocycles. The lowest BCUT2D eigenvalue weighted by Crippen LogP contribution is -2.31. The smallest absolute Gasteiger partial charge is 0.297 e. The molecule has 1 amide bonds. The number of rotatable bonds is 7. The molecule has 0 bridgehead atoms. The third-order valence-electron chi connectivity index (χ3n) is 3.51. The summed E-state index contributed by atoms with van der Waals surface area (Å²) in [6.45, 7) is 0.292. The SMILES string of the molecule is O=C(CCCOc1ccccc1Br)NS(=O)(=O)c1nc2ccccc2[nH]1. The zero-order valence-electron chi connectivity index (χ0n) is 13.6. The molecule has 0 radical (unpaired) electrons. The number of amides is 1. The van der Waals surface area contributed by atoms with Gasteiger partial charge in [-0.3, -0.25) is 4.79 Å². The lowest BCUT2D eigenvalue weighted by atomic mass is 10.3. The molecule has 1 heterocycles. The number of hydrogen-bond donors (Lipinski definition) is 2. The van der Waals surface area contributed by atoms with Gasteiger partial charge in [0, 0.05) is 6.42 Å². The Balaban J connectivity index is 1.53. The molecule has 0 saturated heterocycles. The summed E-state index contributed by atoms with van der Waals surface area (Å²) in [4.78, 5) is 18.6. The molecule has 2 N–H and O–H groups in total. The number of carbonyl (C=O) groups is 1. The summed E-state index contributed by atoms with van der Waals surface area (Å²) in [6, 6.07) is 14.3. The highest BCUT2D eigenvalue weighted by Gasteiger charge is 2.21. The Morgan fingerprint density at radius 3 is 2.65 bits per heavy atom. The van der Waals surface area contributed by atoms with Gasteiger partial charge in [0.05, 0.1) is 22.1 Å². The van der Waals surface area contributed by atoms with Crippen molar-refractivity contribution in [1.29, 1.82) is 0 Å². The van der Waals surface area contributed by atoms with Gasteiger partial charge < -0.3 is 9.72 Å². The van der Waals surface area contributed by atoms with Gasteiger partial charge in [-0.05, 0) is 46.6 Å². The number of carbonyl (C=O) groups excluding carboxylic acids is 1. The van der Waals surface area contributed by atoms with E-state index in [1.165, 1.54) is 0 Å². The molecular weight excluding hydrogens is 422 g/mol. The van der Waals surface area contributed by atoms with Gasteiger partial charge in [-0.1, -0.05) is 24.3 Å². The highest BCUT2D eigenvalue weighted by molar-refractivity contribution is 9.10. The Hall–Kier alpha value is -2.39. The summed E-state index contributed by atoms with van der Waals surface area (Å²) in [5.74, 6) is 0.0592. The number of halogens is 1. The number of imidazole rings is 1. The van der Waals surface area contributed by atoms with Crippen molar-refractivity contribution in [1.82, 2.24) is 14.7 Å². The van der Waals surface area contributed by atoms with Crippen molar-refractivity contribution in [2.45, 2.75) is 18.0 Å². The van der Waals surface area contributed by atoms with Gasteiger partial charge in [-0.25, -0.2) is 9.71 Å². The molecule has 3 rings (SSSR count). The maximum Gasteiger partial charge on any atom is 0.297 e. The third kappa shape index (κ3) is 4.41. The van der Waals surface area contributed by atoms with Crippen LogP contribution in [0.1, 0.15) is 12.8 Å². The van der Waals surface area contributed by atoms with Crippen LogP contribution in [0.25, 0.3) is 11.0 Å². The van der Waals surface area contributed by atoms with Crippen LogP contribution in [0, 0.1) is 0 Å². The van der Waals surface area contributed by atoms with Crippen molar-refractivity contribution < 1.29 is 17.9 Å². The highest BCUT2D eigenvalue weighted by Crippen LogP contribution is 2.23. The first-order chi connectivity index (χ1) is 12.5. The summed E-state index contributed by atoms with van der Waals surface area (Å²) < 4.78 is 32.9. The summed E-state index contributed by atoms with van der Waals surface area (Å²) in [5, 5.41) is -0.281. The maximum absolute atomic E-state index is 12.2. The second-order valence-corrected chi connectivity index (χ2v) is 7.92. The third-order valence-corrected chi connectivity index (χ3v) is 5.37. The number of ether oxygens (including phenoxy) is 1. The Bertz CT molecular complexity index is 1000. The number of fused-ring (bicyclic) bond motifs is 1. The topological polar surface area (TPSA) is 101 Å². The fraction of sp³-hybridized carbons (Fsp3) is 0.176. The second kappa shape index (κ2) is 7.88. The fourth-order valence-corrected chi connectivity index (χ4v) is 3.64. The van der Waals surface area contributed by atoms with Crippen LogP contribution >= 0.6 is 15.9 Å². The average Bonchev–Trinajstić information content (AvgIpc) is 3.05. The molecule has 0 aliphatic heterocycles. The van der Waals surface area contributed by atoms with Crippen LogP contribution in [0.4, 0.5) is 0 Å². The van der Waals surface area contributed by atoms with Gasteiger partial charge in [0.25, 0.3) is 10.0 Å². The van der Waals surface area contributed by atoms with E-state index in [-0.39, 0.29) is 11.6 Å². The number of sulfonamides is 1. The normalized spacial score (nSPS) is 11.4. The lowest BCUT2D eigenvalue weighted by Gasteiger charge is -2.08. The van der Waals surface area contributed by atoms with Gasteiger partial charge >= 0.3 is 0 Å². The number of benzene rings is 2. The number of nitrogens with one attached hydrogen (secondary N) is 2. The van der Waals surface area contributed by atoms with Gasteiger partial charge in [-0.2, -0.15) is 8.42 Å². The molecule has 0 aliphatic carbocycles. The first kappa shape index (κ1) is 18.4. The monoisotopic (exact) mass is 437 g/mol. The fourth-order valence-electron chi connectivity index (χ4n) is 2.28. The van der Waals surface area contributed by atoms with Crippen LogP contribution in [0.5, 0.6) is 5.75 Å². The van der Waals surface area contributed by atoms with Crippen LogP contribution in [0.15, 0.2) is 58.2 Å². The van der Waals surface area contributed by atoms with Gasteiger partial charge in [0.15, 0.2) is 0 Å². The molecule has 0 fully saturated rings. The molecule has 0 atom stereocenters. The van der Waals surface area contributed by atoms with Gasteiger partial charge in [0.1, 0.15) is 5.75 Å². The van der Waals surface area contributed by atoms with Gasteiger partial charge in [0.2, 0.25) is 11.1 Å². The van der Waals surface area contributed by atoms with Crippen LogP contribution < -0.4 is 9.46 Å². The highest BCUT2D eigenvalue weighted by atomic mass is 79.9. The zero-order chi connectivity index (χ0) is 18.6. The van der Waals surface area contributed by atoms with Crippen LogP contribution in [-0.2, 0) is 14.8 Å². The van der Waals surface area contributed by atoms with E-state index in [9.17, 15) is 13.2 Å². The van der Waals surface area contributed by atoms with Crippen LogP contribution in [0.2, 0.25) is 0 Å². The predicted molar refractivity (Wildman–Crippen MR) is 100 cm³/mol. The molecule has 0 spiro atoms. The molecule has 26 heavy (non-hydrogen) atoms. The summed E-state index contributed by atoms with van der Waals surface area (Å²) in [5.41, 5.74) is 1.10. The van der Waals surface area contributed by atoms with E-state index in [0.29, 0.717) is 29.8 Å². The molecule has 7 nitrogen and oxygen atoms in total. The minimum absolute atomic E-state index is 0.0178. The van der Waals surface area contributed by atoms with Crippen LogP contribution in [-0.4, -0.2) is 30.9 Å². The van der Waals surface area contributed by atoms with Crippen molar-refractivity contribution in [3.05, 3.63) is 53.0 Å². The molecule has 0 aliphatic rings. The van der Waals surface area contributed by atoms with Crippen molar-refractivity contribution in [3.63, 3.8) is 0 Å². The number of hydrogen-bond acceptors (Lipinski definition) is 5. The maximum atomic E-state index is 12.2. The second-order valence-electron chi connectivity index (χ2n) is 5.47. The standard InChI is InChI=1S/C17H16BrN3O4S/c18-12-6-1-4-9-15(12)25-11-5-10-16(22)21-26(23,24)17-19-13-7-2-3-8-14(13)20-17/h1-4,6-9H,5,10-11H2,(H,19,20)(H,21,22). The molecule has 136 valence electrons. The van der Waals surface area contributed by atoms with Crippen LogP contribution in [0.3, 0.4) is 0 Å². The average molecular weight is 438 g/mol. The number of aromatic nitrogens is 2. The van der Waals surface area contributed by atoms with Crippen molar-refractivity contribution in [3.8, 4) is 5.75 Å². The number of H-pyrrole nitrogens is 1. The Labute approximate surface area is 159 Å². The van der Waals surface area contributed by atoms with E-state index in [1.807, 2.05) is 22.9 Å². The quantitative estimate of drug-likeness (QED) is 0.553. The zero-order valence-corrected chi connectivity index (χ0v) is 16.0. The van der Waals surface area contributed by atoms with E-state index in [4.69, 9.17) is 4.74 Å². The summed E-state index contributed by atoms with van der Waals surface area (Å²) in [7, 11) is -4.03. The van der Waals surface area contributed by atoms with E-state index in [1.54, 1.807) is 30.3 Å². The van der Waals surface area contributed by atoms with Crippen molar-refractivity contribution >= 4 is 42.9 Å². The minimum Gasteiger partial charge on any atom is -0.492 e. The Kier molecular flexibility index (Phi) is 5.58. The van der Waals surface area contributed by atoms with E-state index in [0.717, 1.165) is 4.47 Å². The number of para-hydroxylation sites is 3. The van der Waals surface area contributed by atoms with Crippen molar-refractivity contribution in [2.24, 2.45) is 0 Å². The molecule has 1 aromatic heterocycles.